The van der Waals surface area contributed by atoms with Gasteiger partial charge in [0.25, 0.3) is 10.0 Å². The molecule has 6 heteroatoms. The molecule has 0 saturated carbocycles. The van der Waals surface area contributed by atoms with Gasteiger partial charge in [0.15, 0.2) is 0 Å². The topological polar surface area (TPSA) is 49.7 Å². The van der Waals surface area contributed by atoms with Gasteiger partial charge in [0, 0.05) is 11.9 Å². The minimum absolute atomic E-state index is 0.00266. The largest absolute Gasteiger partial charge is 0.330 e. The van der Waals surface area contributed by atoms with Gasteiger partial charge in [-0.2, -0.15) is 0 Å². The fraction of sp³-hybridized carbons (Fsp3) is 0.500. The molecule has 4 nitrogen and oxygen atoms in total. The van der Waals surface area contributed by atoms with E-state index >= 15 is 0 Å². The van der Waals surface area contributed by atoms with Crippen molar-refractivity contribution < 1.29 is 8.42 Å². The molecular weight excluding hydrogens is 292 g/mol. The maximum absolute atomic E-state index is 11.6. The van der Waals surface area contributed by atoms with Crippen LogP contribution < -0.4 is 4.90 Å². The van der Waals surface area contributed by atoms with Crippen LogP contribution in [0.15, 0.2) is 33.6 Å². The molecule has 0 radical (unpaired) electrons. The summed E-state index contributed by atoms with van der Waals surface area (Å²) >= 11 is 1.68. The Morgan fingerprint density at radius 1 is 1.25 bits per heavy atom. The lowest BCUT2D eigenvalue weighted by molar-refractivity contribution is 0.442. The van der Waals surface area contributed by atoms with E-state index in [4.69, 9.17) is 0 Å². The van der Waals surface area contributed by atoms with E-state index < -0.39 is 10.0 Å². The SMILES string of the molecule is CN1/C(=N\S(C)(=O)=O)C(C(C)(C)C)Sc2ccccc21. The van der Waals surface area contributed by atoms with Crippen molar-refractivity contribution in [1.82, 2.24) is 0 Å². The molecule has 110 valence electrons. The zero-order valence-electron chi connectivity index (χ0n) is 12.4. The number of fused-ring (bicyclic) bond motifs is 1. The molecule has 1 aromatic rings. The van der Waals surface area contributed by atoms with Crippen LogP contribution >= 0.6 is 11.8 Å². The quantitative estimate of drug-likeness (QED) is 0.800. The molecule has 1 aromatic carbocycles. The van der Waals surface area contributed by atoms with Crippen LogP contribution in [0.2, 0.25) is 0 Å². The fourth-order valence-corrected chi connectivity index (χ4v) is 4.20. The fourth-order valence-electron chi connectivity index (χ4n) is 2.16. The number of benzene rings is 1. The van der Waals surface area contributed by atoms with E-state index in [1.807, 2.05) is 30.1 Å². The van der Waals surface area contributed by atoms with Crippen LogP contribution in [-0.4, -0.2) is 32.8 Å². The first-order valence-corrected chi connectivity index (χ1v) is 9.11. The number of rotatable bonds is 1. The Kier molecular flexibility index (Phi) is 3.90. The number of amidine groups is 1. The molecule has 1 heterocycles. The van der Waals surface area contributed by atoms with Crippen LogP contribution in [0.3, 0.4) is 0 Å². The van der Waals surface area contributed by atoms with E-state index in [9.17, 15) is 8.42 Å². The van der Waals surface area contributed by atoms with Gasteiger partial charge >= 0.3 is 0 Å². The predicted octanol–water partition coefficient (Wildman–Crippen LogP) is 3.00. The average molecular weight is 312 g/mol. The summed E-state index contributed by atoms with van der Waals surface area (Å²) in [5.41, 5.74) is 0.913. The molecule has 0 aliphatic carbocycles. The monoisotopic (exact) mass is 312 g/mol. The molecule has 1 unspecified atom stereocenters. The summed E-state index contributed by atoms with van der Waals surface area (Å²) in [6.45, 7) is 6.30. The molecule has 1 aliphatic rings. The van der Waals surface area contributed by atoms with Gasteiger partial charge in [-0.3, -0.25) is 0 Å². The van der Waals surface area contributed by atoms with Crippen molar-refractivity contribution in [3.8, 4) is 0 Å². The maximum atomic E-state index is 11.6. The van der Waals surface area contributed by atoms with Crippen LogP contribution in [0.5, 0.6) is 0 Å². The van der Waals surface area contributed by atoms with Crippen LogP contribution in [0.1, 0.15) is 20.8 Å². The zero-order valence-corrected chi connectivity index (χ0v) is 14.0. The first-order chi connectivity index (χ1) is 9.09. The Morgan fingerprint density at radius 2 is 1.85 bits per heavy atom. The van der Waals surface area contributed by atoms with Crippen molar-refractivity contribution in [3.05, 3.63) is 24.3 Å². The minimum Gasteiger partial charge on any atom is -0.330 e. The minimum atomic E-state index is -3.42. The van der Waals surface area contributed by atoms with Gasteiger partial charge in [0.05, 0.1) is 17.2 Å². The highest BCUT2D eigenvalue weighted by Gasteiger charge is 2.38. The molecule has 1 aliphatic heterocycles. The Hall–Kier alpha value is -1.01. The standard InChI is InChI=1S/C14H20N2O2S2/c1-14(2,3)12-13(15-20(5,17)18)16(4)10-8-6-7-9-11(10)19-12/h6-9,12H,1-5H3/b15-13-. The van der Waals surface area contributed by atoms with Gasteiger partial charge in [-0.1, -0.05) is 32.9 Å². The number of anilines is 1. The highest BCUT2D eigenvalue weighted by molar-refractivity contribution is 8.01. The molecule has 2 rings (SSSR count). The van der Waals surface area contributed by atoms with Crippen molar-refractivity contribution >= 4 is 33.3 Å². The van der Waals surface area contributed by atoms with E-state index in [-0.39, 0.29) is 10.7 Å². The molecule has 0 aromatic heterocycles. The maximum Gasteiger partial charge on any atom is 0.251 e. The molecular formula is C14H20N2O2S2. The lowest BCUT2D eigenvalue weighted by atomic mass is 9.90. The predicted molar refractivity (Wildman–Crippen MR) is 86.2 cm³/mol. The second kappa shape index (κ2) is 5.07. The summed E-state index contributed by atoms with van der Waals surface area (Å²) in [7, 11) is -1.54. The number of sulfonamides is 1. The van der Waals surface area contributed by atoms with E-state index in [1.165, 1.54) is 0 Å². The number of hydrogen-bond donors (Lipinski definition) is 0. The van der Waals surface area contributed by atoms with E-state index in [1.54, 1.807) is 11.8 Å². The van der Waals surface area contributed by atoms with Crippen molar-refractivity contribution in [3.63, 3.8) is 0 Å². The van der Waals surface area contributed by atoms with Gasteiger partial charge in [-0.05, 0) is 17.5 Å². The summed E-state index contributed by atoms with van der Waals surface area (Å²) < 4.78 is 27.2. The number of thioether (sulfide) groups is 1. The van der Waals surface area contributed by atoms with Gasteiger partial charge in [-0.15, -0.1) is 16.2 Å². The van der Waals surface area contributed by atoms with E-state index in [0.717, 1.165) is 16.8 Å². The molecule has 1 atom stereocenters. The Labute approximate surface area is 125 Å². The van der Waals surface area contributed by atoms with Gasteiger partial charge in [0.2, 0.25) is 0 Å². The molecule has 0 amide bonds. The summed E-state index contributed by atoms with van der Waals surface area (Å²) in [5.74, 6) is 0.601. The molecule has 0 fully saturated rings. The third-order valence-electron chi connectivity index (χ3n) is 3.10. The summed E-state index contributed by atoms with van der Waals surface area (Å²) in [6.07, 6.45) is 1.14. The lowest BCUT2D eigenvalue weighted by Crippen LogP contribution is -2.45. The van der Waals surface area contributed by atoms with E-state index in [0.29, 0.717) is 5.84 Å². The van der Waals surface area contributed by atoms with Crippen molar-refractivity contribution in [2.75, 3.05) is 18.2 Å². The van der Waals surface area contributed by atoms with Crippen LogP contribution in [0.25, 0.3) is 0 Å². The normalized spacial score (nSPS) is 21.9. The third kappa shape index (κ3) is 3.17. The average Bonchev–Trinajstić information content (AvgIpc) is 2.30. The number of para-hydroxylation sites is 1. The Balaban J connectivity index is 2.61. The van der Waals surface area contributed by atoms with E-state index in [2.05, 4.69) is 31.2 Å². The van der Waals surface area contributed by atoms with Crippen LogP contribution in [-0.2, 0) is 10.0 Å². The Bertz CT molecular complexity index is 645. The molecule has 0 bridgehead atoms. The zero-order chi connectivity index (χ0) is 15.1. The molecule has 0 N–H and O–H groups in total. The lowest BCUT2D eigenvalue weighted by Gasteiger charge is -2.40. The van der Waals surface area contributed by atoms with Crippen LogP contribution in [0, 0.1) is 5.41 Å². The van der Waals surface area contributed by atoms with Gasteiger partial charge in [-0.25, -0.2) is 8.42 Å². The number of hydrogen-bond acceptors (Lipinski definition) is 3. The third-order valence-corrected chi connectivity index (χ3v) is 5.37. The summed E-state index contributed by atoms with van der Waals surface area (Å²) in [5, 5.41) is -0.00266. The second-order valence-corrected chi connectivity index (χ2v) is 8.87. The molecule has 0 saturated heterocycles. The Morgan fingerprint density at radius 3 is 2.40 bits per heavy atom. The summed E-state index contributed by atoms with van der Waals surface area (Å²) in [6, 6.07) is 7.99. The van der Waals surface area contributed by atoms with Gasteiger partial charge < -0.3 is 4.90 Å². The van der Waals surface area contributed by atoms with Crippen molar-refractivity contribution in [2.24, 2.45) is 9.81 Å². The summed E-state index contributed by atoms with van der Waals surface area (Å²) in [4.78, 5) is 3.05. The van der Waals surface area contributed by atoms with Crippen LogP contribution in [0.4, 0.5) is 5.69 Å². The first-order valence-electron chi connectivity index (χ1n) is 6.39. The highest BCUT2D eigenvalue weighted by atomic mass is 32.2. The van der Waals surface area contributed by atoms with Gasteiger partial charge in [0.1, 0.15) is 5.84 Å². The van der Waals surface area contributed by atoms with Crippen molar-refractivity contribution in [1.29, 1.82) is 0 Å². The molecule has 0 spiro atoms. The second-order valence-electron chi connectivity index (χ2n) is 6.07. The van der Waals surface area contributed by atoms with Crippen molar-refractivity contribution in [2.45, 2.75) is 30.9 Å². The molecule has 20 heavy (non-hydrogen) atoms. The number of nitrogens with zero attached hydrogens (tertiary/aromatic N) is 2. The first kappa shape index (κ1) is 15.4. The highest BCUT2D eigenvalue weighted by Crippen LogP contribution is 2.45. The smallest absolute Gasteiger partial charge is 0.251 e.